The van der Waals surface area contributed by atoms with Crippen LogP contribution in [0.1, 0.15) is 30.5 Å². The zero-order valence-electron chi connectivity index (χ0n) is 18.8. The second-order valence-electron chi connectivity index (χ2n) is 8.15. The lowest BCUT2D eigenvalue weighted by molar-refractivity contribution is -0.152. The Hall–Kier alpha value is -3.67. The Morgan fingerprint density at radius 3 is 2.16 bits per heavy atom. The molecule has 0 unspecified atom stereocenters. The Morgan fingerprint density at radius 1 is 0.906 bits per heavy atom. The summed E-state index contributed by atoms with van der Waals surface area (Å²) in [5, 5.41) is 17.7. The van der Waals surface area contributed by atoms with Crippen molar-refractivity contribution >= 4 is 17.3 Å². The average Bonchev–Trinajstić information content (AvgIpc) is 2.75. The molecule has 0 bridgehead atoms. The average molecular weight is 433 g/mol. The molecule has 0 fully saturated rings. The van der Waals surface area contributed by atoms with E-state index in [0.29, 0.717) is 12.4 Å². The van der Waals surface area contributed by atoms with E-state index < -0.39 is 11.6 Å². The number of aliphatic carboxylic acids is 1. The predicted octanol–water partition coefficient (Wildman–Crippen LogP) is 6.58. The standard InChI is InChI=1S/C26H28N2O4/c1-18-5-9-21(10-6-18)27-28-22-11-14-24(19(2)17-22)31-16-15-20-7-12-23(13-8-20)32-26(3,4)25(29)30/h5-14,17H,15-16H2,1-4H3,(H,29,30). The Morgan fingerprint density at radius 2 is 1.53 bits per heavy atom. The Kier molecular flexibility index (Phi) is 7.25. The molecule has 3 aromatic carbocycles. The van der Waals surface area contributed by atoms with Gasteiger partial charge in [-0.05, 0) is 81.3 Å². The highest BCUT2D eigenvalue weighted by Gasteiger charge is 2.29. The number of azo groups is 1. The topological polar surface area (TPSA) is 80.5 Å². The molecular weight excluding hydrogens is 404 g/mol. The number of rotatable bonds is 9. The van der Waals surface area contributed by atoms with Crippen molar-refractivity contribution in [3.8, 4) is 11.5 Å². The molecule has 166 valence electrons. The second kappa shape index (κ2) is 10.1. The quantitative estimate of drug-likeness (QED) is 0.387. The summed E-state index contributed by atoms with van der Waals surface area (Å²) >= 11 is 0. The van der Waals surface area contributed by atoms with Crippen LogP contribution in [-0.2, 0) is 11.2 Å². The Bertz CT molecular complexity index is 1090. The second-order valence-corrected chi connectivity index (χ2v) is 8.15. The summed E-state index contributed by atoms with van der Waals surface area (Å²) < 4.78 is 11.5. The molecule has 3 rings (SSSR count). The van der Waals surface area contributed by atoms with Gasteiger partial charge in [0.25, 0.3) is 0 Å². The maximum absolute atomic E-state index is 11.2. The van der Waals surface area contributed by atoms with E-state index >= 15 is 0 Å². The first-order chi connectivity index (χ1) is 15.2. The number of carbonyl (C=O) groups is 1. The molecule has 0 amide bonds. The van der Waals surface area contributed by atoms with Crippen LogP contribution in [0.3, 0.4) is 0 Å². The van der Waals surface area contributed by atoms with Crippen LogP contribution in [0.25, 0.3) is 0 Å². The summed E-state index contributed by atoms with van der Waals surface area (Å²) in [6.07, 6.45) is 0.719. The molecule has 6 nitrogen and oxygen atoms in total. The number of aryl methyl sites for hydroxylation is 2. The molecular formula is C26H28N2O4. The monoisotopic (exact) mass is 432 g/mol. The number of nitrogens with zero attached hydrogens (tertiary/aromatic N) is 2. The fourth-order valence-corrected chi connectivity index (χ4v) is 2.93. The van der Waals surface area contributed by atoms with E-state index in [0.717, 1.165) is 34.7 Å². The van der Waals surface area contributed by atoms with E-state index in [1.807, 2.05) is 68.4 Å². The minimum absolute atomic E-state index is 0.520. The minimum atomic E-state index is -1.27. The Labute approximate surface area is 188 Å². The van der Waals surface area contributed by atoms with Gasteiger partial charge in [0.05, 0.1) is 18.0 Å². The number of benzene rings is 3. The van der Waals surface area contributed by atoms with Crippen LogP contribution in [0, 0.1) is 13.8 Å². The van der Waals surface area contributed by atoms with Crippen molar-refractivity contribution in [2.75, 3.05) is 6.61 Å². The normalized spacial score (nSPS) is 11.5. The number of carboxylic acid groups (broad SMARTS) is 1. The molecule has 0 aliphatic rings. The Balaban J connectivity index is 1.52. The first-order valence-corrected chi connectivity index (χ1v) is 10.5. The lowest BCUT2D eigenvalue weighted by Crippen LogP contribution is -2.37. The summed E-state index contributed by atoms with van der Waals surface area (Å²) in [6.45, 7) is 7.58. The molecule has 0 spiro atoms. The van der Waals surface area contributed by atoms with Crippen LogP contribution < -0.4 is 9.47 Å². The lowest BCUT2D eigenvalue weighted by atomic mass is 10.1. The van der Waals surface area contributed by atoms with Gasteiger partial charge in [-0.2, -0.15) is 10.2 Å². The van der Waals surface area contributed by atoms with E-state index in [-0.39, 0.29) is 0 Å². The van der Waals surface area contributed by atoms with E-state index in [9.17, 15) is 4.79 Å². The molecule has 0 radical (unpaired) electrons. The van der Waals surface area contributed by atoms with Crippen LogP contribution >= 0.6 is 0 Å². The van der Waals surface area contributed by atoms with Crippen molar-refractivity contribution in [3.05, 3.63) is 83.4 Å². The fraction of sp³-hybridized carbons (Fsp3) is 0.269. The molecule has 6 heteroatoms. The zero-order valence-corrected chi connectivity index (χ0v) is 18.8. The van der Waals surface area contributed by atoms with Gasteiger partial charge in [-0.25, -0.2) is 4.79 Å². The van der Waals surface area contributed by atoms with Crippen LogP contribution in [0.2, 0.25) is 0 Å². The number of carboxylic acids is 1. The molecule has 0 saturated carbocycles. The number of hydrogen-bond acceptors (Lipinski definition) is 5. The molecule has 0 heterocycles. The highest BCUT2D eigenvalue weighted by Crippen LogP contribution is 2.26. The highest BCUT2D eigenvalue weighted by atomic mass is 16.5. The summed E-state index contributed by atoms with van der Waals surface area (Å²) in [5.41, 5.74) is 3.57. The van der Waals surface area contributed by atoms with Crippen molar-refractivity contribution < 1.29 is 19.4 Å². The molecule has 32 heavy (non-hydrogen) atoms. The van der Waals surface area contributed by atoms with Gasteiger partial charge in [-0.1, -0.05) is 29.8 Å². The van der Waals surface area contributed by atoms with Crippen LogP contribution in [0.15, 0.2) is 77.0 Å². The van der Waals surface area contributed by atoms with Crippen molar-refractivity contribution in [3.63, 3.8) is 0 Å². The first-order valence-electron chi connectivity index (χ1n) is 10.5. The summed E-state index contributed by atoms with van der Waals surface area (Å²) in [7, 11) is 0. The van der Waals surface area contributed by atoms with Crippen LogP contribution in [0.4, 0.5) is 11.4 Å². The highest BCUT2D eigenvalue weighted by molar-refractivity contribution is 5.76. The third-order valence-corrected chi connectivity index (χ3v) is 4.93. The van der Waals surface area contributed by atoms with E-state index in [1.165, 1.54) is 19.4 Å². The predicted molar refractivity (Wildman–Crippen MR) is 125 cm³/mol. The van der Waals surface area contributed by atoms with Gasteiger partial charge in [-0.3, -0.25) is 0 Å². The SMILES string of the molecule is Cc1ccc(N=Nc2ccc(OCCc3ccc(OC(C)(C)C(=O)O)cc3)c(C)c2)cc1. The number of ether oxygens (including phenoxy) is 2. The zero-order chi connectivity index (χ0) is 23.1. The van der Waals surface area contributed by atoms with Crippen molar-refractivity contribution in [2.24, 2.45) is 10.2 Å². The molecule has 3 aromatic rings. The maximum Gasteiger partial charge on any atom is 0.347 e. The van der Waals surface area contributed by atoms with Crippen molar-refractivity contribution in [1.82, 2.24) is 0 Å². The molecule has 1 N–H and O–H groups in total. The third-order valence-electron chi connectivity index (χ3n) is 4.93. The summed E-state index contributed by atoms with van der Waals surface area (Å²) in [5.74, 6) is 0.323. The van der Waals surface area contributed by atoms with Gasteiger partial charge in [0.15, 0.2) is 5.60 Å². The van der Waals surface area contributed by atoms with E-state index in [4.69, 9.17) is 14.6 Å². The number of hydrogen-bond donors (Lipinski definition) is 1. The first kappa shape index (κ1) is 23.0. The van der Waals surface area contributed by atoms with Crippen molar-refractivity contribution in [2.45, 2.75) is 39.7 Å². The summed E-state index contributed by atoms with van der Waals surface area (Å²) in [4.78, 5) is 11.2. The minimum Gasteiger partial charge on any atom is -0.493 e. The third kappa shape index (κ3) is 6.41. The molecule has 0 aliphatic carbocycles. The van der Waals surface area contributed by atoms with Gasteiger partial charge >= 0.3 is 5.97 Å². The van der Waals surface area contributed by atoms with Crippen LogP contribution in [-0.4, -0.2) is 23.3 Å². The van der Waals surface area contributed by atoms with Gasteiger partial charge in [0.1, 0.15) is 11.5 Å². The molecule has 0 saturated heterocycles. The van der Waals surface area contributed by atoms with Crippen LogP contribution in [0.5, 0.6) is 11.5 Å². The van der Waals surface area contributed by atoms with Gasteiger partial charge in [0, 0.05) is 6.42 Å². The van der Waals surface area contributed by atoms with Crippen molar-refractivity contribution in [1.29, 1.82) is 0 Å². The maximum atomic E-state index is 11.2. The lowest BCUT2D eigenvalue weighted by Gasteiger charge is -2.21. The fourth-order valence-electron chi connectivity index (χ4n) is 2.93. The molecule has 0 aliphatic heterocycles. The van der Waals surface area contributed by atoms with Gasteiger partial charge in [-0.15, -0.1) is 0 Å². The smallest absolute Gasteiger partial charge is 0.347 e. The van der Waals surface area contributed by atoms with E-state index in [2.05, 4.69) is 10.2 Å². The summed E-state index contributed by atoms with van der Waals surface area (Å²) in [6, 6.07) is 21.0. The van der Waals surface area contributed by atoms with Gasteiger partial charge in [0.2, 0.25) is 0 Å². The largest absolute Gasteiger partial charge is 0.493 e. The van der Waals surface area contributed by atoms with Gasteiger partial charge < -0.3 is 14.6 Å². The molecule has 0 atom stereocenters. The van der Waals surface area contributed by atoms with E-state index in [1.54, 1.807) is 12.1 Å². The molecule has 0 aromatic heterocycles.